The summed E-state index contributed by atoms with van der Waals surface area (Å²) in [7, 11) is 0. The Labute approximate surface area is 139 Å². The van der Waals surface area contributed by atoms with Gasteiger partial charge in [-0.1, -0.05) is 12.1 Å². The van der Waals surface area contributed by atoms with E-state index in [2.05, 4.69) is 66.8 Å². The van der Waals surface area contributed by atoms with E-state index < -0.39 is 0 Å². The number of anilines is 1. The number of benzene rings is 1. The molecule has 0 bridgehead atoms. The normalized spacial score (nSPS) is 10.5. The molecule has 0 aliphatic rings. The van der Waals surface area contributed by atoms with E-state index in [-0.39, 0.29) is 0 Å². The molecule has 0 radical (unpaired) electrons. The highest BCUT2D eigenvalue weighted by atomic mass is 127. The van der Waals surface area contributed by atoms with Crippen molar-refractivity contribution in [2.45, 2.75) is 17.6 Å². The third kappa shape index (κ3) is 4.32. The lowest BCUT2D eigenvalue weighted by molar-refractivity contribution is 1.01. The number of hydrogen-bond donors (Lipinski definition) is 1. The van der Waals surface area contributed by atoms with Crippen LogP contribution in [0.5, 0.6) is 0 Å². The summed E-state index contributed by atoms with van der Waals surface area (Å²) in [6, 6.07) is 8.18. The van der Waals surface area contributed by atoms with Crippen LogP contribution < -0.4 is 5.32 Å². The Morgan fingerprint density at radius 3 is 2.89 bits per heavy atom. The van der Waals surface area contributed by atoms with Crippen molar-refractivity contribution in [3.8, 4) is 0 Å². The van der Waals surface area contributed by atoms with Gasteiger partial charge in [-0.05, 0) is 57.6 Å². The van der Waals surface area contributed by atoms with Crippen LogP contribution in [-0.2, 0) is 5.75 Å². The zero-order valence-corrected chi connectivity index (χ0v) is 14.9. The summed E-state index contributed by atoms with van der Waals surface area (Å²) in [5.74, 6) is 2.52. The number of thioether (sulfide) groups is 1. The van der Waals surface area contributed by atoms with E-state index in [1.807, 2.05) is 24.4 Å². The number of hydrogen-bond acceptors (Lipinski definition) is 4. The molecule has 1 heterocycles. The third-order valence-electron chi connectivity index (χ3n) is 2.33. The minimum Gasteiger partial charge on any atom is -0.369 e. The van der Waals surface area contributed by atoms with Gasteiger partial charge in [0.25, 0.3) is 0 Å². The van der Waals surface area contributed by atoms with E-state index in [4.69, 9.17) is 0 Å². The summed E-state index contributed by atoms with van der Waals surface area (Å²) in [5, 5.41) is 3.25. The van der Waals surface area contributed by atoms with Gasteiger partial charge >= 0.3 is 0 Å². The summed E-state index contributed by atoms with van der Waals surface area (Å²) < 4.78 is 2.16. The molecule has 2 rings (SSSR count). The van der Waals surface area contributed by atoms with Crippen LogP contribution in [-0.4, -0.2) is 16.5 Å². The van der Waals surface area contributed by atoms with Gasteiger partial charge in [-0.15, -0.1) is 11.8 Å². The molecule has 0 unspecified atom stereocenters. The first-order valence-corrected chi connectivity index (χ1v) is 8.69. The topological polar surface area (TPSA) is 37.8 Å². The summed E-state index contributed by atoms with van der Waals surface area (Å²) in [4.78, 5) is 10.1. The van der Waals surface area contributed by atoms with Crippen molar-refractivity contribution in [2.75, 3.05) is 11.9 Å². The fourth-order valence-electron chi connectivity index (χ4n) is 1.47. The molecular weight excluding hydrogens is 437 g/mol. The number of aromatic nitrogens is 2. The van der Waals surface area contributed by atoms with Crippen LogP contribution in [0.2, 0.25) is 0 Å². The fourth-order valence-corrected chi connectivity index (χ4v) is 3.35. The predicted molar refractivity (Wildman–Crippen MR) is 92.6 cm³/mol. The van der Waals surface area contributed by atoms with Crippen molar-refractivity contribution in [3.63, 3.8) is 0 Å². The molecule has 3 nitrogen and oxygen atoms in total. The van der Waals surface area contributed by atoms with Gasteiger partial charge in [0.05, 0.1) is 9.32 Å². The molecule has 2 aromatic rings. The molecule has 0 saturated carbocycles. The molecule has 0 spiro atoms. The molecule has 0 atom stereocenters. The summed E-state index contributed by atoms with van der Waals surface area (Å²) in [5.41, 5.74) is 0. The van der Waals surface area contributed by atoms with Crippen molar-refractivity contribution >= 4 is 56.1 Å². The Morgan fingerprint density at radius 2 is 2.16 bits per heavy atom. The second kappa shape index (κ2) is 7.44. The van der Waals surface area contributed by atoms with E-state index in [0.29, 0.717) is 0 Å². The average molecular weight is 450 g/mol. The van der Waals surface area contributed by atoms with Gasteiger partial charge in [-0.3, -0.25) is 0 Å². The summed E-state index contributed by atoms with van der Waals surface area (Å²) >= 11 is 7.52. The Kier molecular flexibility index (Phi) is 5.90. The minimum absolute atomic E-state index is 0.762. The van der Waals surface area contributed by atoms with Crippen molar-refractivity contribution in [1.82, 2.24) is 9.97 Å². The van der Waals surface area contributed by atoms with Crippen LogP contribution in [0, 0.1) is 3.57 Å². The SMILES string of the molecule is CCNc1nc(CSc2ccccc2Br)ncc1I. The maximum Gasteiger partial charge on any atom is 0.143 e. The van der Waals surface area contributed by atoms with E-state index in [0.717, 1.165) is 32.0 Å². The zero-order chi connectivity index (χ0) is 13.7. The van der Waals surface area contributed by atoms with E-state index in [1.165, 1.54) is 4.90 Å². The highest BCUT2D eigenvalue weighted by molar-refractivity contribution is 14.1. The molecule has 6 heteroatoms. The van der Waals surface area contributed by atoms with Crippen LogP contribution in [0.15, 0.2) is 39.8 Å². The molecule has 0 aliphatic carbocycles. The largest absolute Gasteiger partial charge is 0.369 e. The smallest absolute Gasteiger partial charge is 0.143 e. The highest BCUT2D eigenvalue weighted by Gasteiger charge is 2.06. The summed E-state index contributed by atoms with van der Waals surface area (Å²) in [6.07, 6.45) is 1.86. The van der Waals surface area contributed by atoms with Gasteiger partial charge in [-0.2, -0.15) is 0 Å². The van der Waals surface area contributed by atoms with Crippen LogP contribution in [0.3, 0.4) is 0 Å². The quantitative estimate of drug-likeness (QED) is 0.536. The minimum atomic E-state index is 0.762. The standard InChI is InChI=1S/C13H13BrIN3S/c1-2-16-13-10(15)7-17-12(18-13)8-19-11-6-4-3-5-9(11)14/h3-7H,2,8H2,1H3,(H,16,17,18). The zero-order valence-electron chi connectivity index (χ0n) is 10.4. The van der Waals surface area contributed by atoms with E-state index in [9.17, 15) is 0 Å². The lowest BCUT2D eigenvalue weighted by Gasteiger charge is -2.07. The second-order valence-corrected chi connectivity index (χ2v) is 6.77. The van der Waals surface area contributed by atoms with Crippen LogP contribution in [0.1, 0.15) is 12.7 Å². The molecule has 1 aromatic carbocycles. The van der Waals surface area contributed by atoms with Gasteiger partial charge in [-0.25, -0.2) is 9.97 Å². The molecule has 0 fully saturated rings. The first kappa shape index (κ1) is 15.1. The van der Waals surface area contributed by atoms with Crippen molar-refractivity contribution < 1.29 is 0 Å². The Morgan fingerprint density at radius 1 is 1.37 bits per heavy atom. The number of nitrogens with zero attached hydrogens (tertiary/aromatic N) is 2. The fraction of sp³-hybridized carbons (Fsp3) is 0.231. The number of nitrogens with one attached hydrogen (secondary N) is 1. The number of halogens is 2. The molecule has 100 valence electrons. The highest BCUT2D eigenvalue weighted by Crippen LogP contribution is 2.29. The Balaban J connectivity index is 2.07. The molecule has 1 N–H and O–H groups in total. The maximum atomic E-state index is 4.54. The first-order valence-electron chi connectivity index (χ1n) is 5.83. The van der Waals surface area contributed by atoms with Crippen molar-refractivity contribution in [1.29, 1.82) is 0 Å². The van der Waals surface area contributed by atoms with Crippen LogP contribution in [0.4, 0.5) is 5.82 Å². The van der Waals surface area contributed by atoms with Gasteiger partial charge < -0.3 is 5.32 Å². The molecule has 1 aromatic heterocycles. The second-order valence-electron chi connectivity index (χ2n) is 3.73. The summed E-state index contributed by atoms with van der Waals surface area (Å²) in [6.45, 7) is 2.93. The number of rotatable bonds is 5. The van der Waals surface area contributed by atoms with Crippen LogP contribution in [0.25, 0.3) is 0 Å². The van der Waals surface area contributed by atoms with Crippen molar-refractivity contribution in [2.24, 2.45) is 0 Å². The first-order chi connectivity index (χ1) is 9.20. The van der Waals surface area contributed by atoms with E-state index in [1.54, 1.807) is 11.8 Å². The molecule has 0 saturated heterocycles. The average Bonchev–Trinajstić information content (AvgIpc) is 2.41. The molecular formula is C13H13BrIN3S. The van der Waals surface area contributed by atoms with Crippen molar-refractivity contribution in [3.05, 3.63) is 44.3 Å². The third-order valence-corrected chi connectivity index (χ3v) is 5.14. The lowest BCUT2D eigenvalue weighted by atomic mass is 10.4. The van der Waals surface area contributed by atoms with Gasteiger partial charge in [0.15, 0.2) is 0 Å². The Hall–Kier alpha value is -0.340. The molecule has 0 aliphatic heterocycles. The molecule has 0 amide bonds. The maximum absolute atomic E-state index is 4.54. The van der Waals surface area contributed by atoms with Gasteiger partial charge in [0.1, 0.15) is 11.6 Å². The Bertz CT molecular complexity index is 565. The van der Waals surface area contributed by atoms with Gasteiger partial charge in [0.2, 0.25) is 0 Å². The monoisotopic (exact) mass is 449 g/mol. The lowest BCUT2D eigenvalue weighted by Crippen LogP contribution is -2.05. The van der Waals surface area contributed by atoms with Crippen LogP contribution >= 0.6 is 50.3 Å². The predicted octanol–water partition coefficient (Wildman–Crippen LogP) is 4.57. The molecule has 19 heavy (non-hydrogen) atoms. The van der Waals surface area contributed by atoms with E-state index >= 15 is 0 Å². The van der Waals surface area contributed by atoms with Gasteiger partial charge in [0, 0.05) is 22.1 Å².